The number of benzene rings is 1. The molecular weight excluding hydrogens is 338 g/mol. The van der Waals surface area contributed by atoms with Crippen molar-refractivity contribution in [3.8, 4) is 11.6 Å². The molecule has 2 aromatic rings. The van der Waals surface area contributed by atoms with Crippen molar-refractivity contribution in [1.29, 1.82) is 0 Å². The summed E-state index contributed by atoms with van der Waals surface area (Å²) in [4.78, 5) is 17.0. The fourth-order valence-corrected chi connectivity index (χ4v) is 4.21. The van der Waals surface area contributed by atoms with Gasteiger partial charge in [-0.05, 0) is 68.8 Å². The van der Waals surface area contributed by atoms with E-state index in [1.165, 1.54) is 0 Å². The Kier molecular flexibility index (Phi) is 4.87. The zero-order valence-corrected chi connectivity index (χ0v) is 16.0. The van der Waals surface area contributed by atoms with Crippen LogP contribution in [0.1, 0.15) is 36.0 Å². The number of nitrogens with zero attached hydrogens (tertiary/aromatic N) is 1. The lowest BCUT2D eigenvalue weighted by atomic mass is 9.92. The number of hydrogen-bond acceptors (Lipinski definition) is 4. The van der Waals surface area contributed by atoms with Crippen molar-refractivity contribution >= 4 is 5.91 Å². The third kappa shape index (κ3) is 3.69. The number of para-hydroxylation sites is 1. The number of amides is 1. The average molecular weight is 365 g/mol. The van der Waals surface area contributed by atoms with E-state index in [9.17, 15) is 4.79 Å². The summed E-state index contributed by atoms with van der Waals surface area (Å²) in [5, 5.41) is 6.49. The second kappa shape index (κ2) is 7.31. The molecule has 1 aromatic heterocycles. The Bertz CT molecular complexity index is 823. The van der Waals surface area contributed by atoms with Crippen LogP contribution in [0.5, 0.6) is 11.6 Å². The molecule has 142 valence electrons. The monoisotopic (exact) mass is 365 g/mol. The number of carbonyl (C=O) groups excluding carboxylic acids is 1. The maximum atomic E-state index is 12.6. The molecule has 0 radical (unpaired) electrons. The zero-order valence-electron chi connectivity index (χ0n) is 16.0. The number of aromatic nitrogens is 1. The molecule has 1 atom stereocenters. The second-order valence-corrected chi connectivity index (χ2v) is 7.88. The van der Waals surface area contributed by atoms with Gasteiger partial charge in [0.2, 0.25) is 11.8 Å². The number of rotatable bonds is 5. The van der Waals surface area contributed by atoms with Gasteiger partial charge in [-0.1, -0.05) is 24.3 Å². The van der Waals surface area contributed by atoms with Crippen LogP contribution in [0.25, 0.3) is 0 Å². The molecule has 2 fully saturated rings. The smallest absolute Gasteiger partial charge is 0.224 e. The number of ether oxygens (including phenoxy) is 1. The minimum absolute atomic E-state index is 0.166. The highest BCUT2D eigenvalue weighted by molar-refractivity contribution is 5.82. The minimum Gasteiger partial charge on any atom is -0.438 e. The van der Waals surface area contributed by atoms with E-state index in [-0.39, 0.29) is 17.2 Å². The molecule has 5 heteroatoms. The first-order chi connectivity index (χ1) is 13.1. The van der Waals surface area contributed by atoms with Crippen LogP contribution >= 0.6 is 0 Å². The molecular formula is C22H27N3O2. The predicted octanol–water partition coefficient (Wildman–Crippen LogP) is 3.50. The summed E-state index contributed by atoms with van der Waals surface area (Å²) in [5.74, 6) is 1.72. The molecule has 4 rings (SSSR count). The van der Waals surface area contributed by atoms with E-state index in [4.69, 9.17) is 4.74 Å². The van der Waals surface area contributed by atoms with Crippen LogP contribution in [0.15, 0.2) is 36.5 Å². The van der Waals surface area contributed by atoms with E-state index in [1.54, 1.807) is 6.20 Å². The summed E-state index contributed by atoms with van der Waals surface area (Å²) in [7, 11) is 0. The Morgan fingerprint density at radius 2 is 1.96 bits per heavy atom. The molecule has 0 unspecified atom stereocenters. The maximum Gasteiger partial charge on any atom is 0.224 e. The molecule has 0 bridgehead atoms. The third-order valence-electron chi connectivity index (χ3n) is 6.02. The van der Waals surface area contributed by atoms with E-state index >= 15 is 0 Å². The van der Waals surface area contributed by atoms with Crippen LogP contribution in [0, 0.1) is 25.2 Å². The van der Waals surface area contributed by atoms with E-state index in [0.29, 0.717) is 12.4 Å². The summed E-state index contributed by atoms with van der Waals surface area (Å²) in [6, 6.07) is 9.91. The number of piperidine rings is 1. The highest BCUT2D eigenvalue weighted by Gasteiger charge is 2.57. The van der Waals surface area contributed by atoms with Gasteiger partial charge in [0.05, 0.1) is 0 Å². The van der Waals surface area contributed by atoms with E-state index in [0.717, 1.165) is 54.8 Å². The summed E-state index contributed by atoms with van der Waals surface area (Å²) < 4.78 is 6.12. The predicted molar refractivity (Wildman–Crippen MR) is 105 cm³/mol. The molecule has 1 aliphatic heterocycles. The van der Waals surface area contributed by atoms with Crippen molar-refractivity contribution in [2.24, 2.45) is 11.3 Å². The molecule has 5 nitrogen and oxygen atoms in total. The average Bonchev–Trinajstić information content (AvgIpc) is 3.37. The molecule has 1 aromatic carbocycles. The van der Waals surface area contributed by atoms with Gasteiger partial charge >= 0.3 is 0 Å². The van der Waals surface area contributed by atoms with E-state index in [2.05, 4.69) is 15.6 Å². The van der Waals surface area contributed by atoms with Crippen LogP contribution in [0.4, 0.5) is 0 Å². The fraction of sp³-hybridized carbons (Fsp3) is 0.455. The molecule has 1 amide bonds. The van der Waals surface area contributed by atoms with E-state index < -0.39 is 0 Å². The summed E-state index contributed by atoms with van der Waals surface area (Å²) >= 11 is 0. The maximum absolute atomic E-state index is 12.6. The second-order valence-electron chi connectivity index (χ2n) is 7.88. The topological polar surface area (TPSA) is 63.2 Å². The first kappa shape index (κ1) is 18.0. The lowest BCUT2D eigenvalue weighted by Gasteiger charge is -2.23. The molecule has 2 heterocycles. The van der Waals surface area contributed by atoms with Crippen molar-refractivity contribution in [3.63, 3.8) is 0 Å². The molecule has 2 N–H and O–H groups in total. The van der Waals surface area contributed by atoms with Crippen LogP contribution in [-0.4, -0.2) is 24.0 Å². The Morgan fingerprint density at radius 3 is 2.70 bits per heavy atom. The highest BCUT2D eigenvalue weighted by Crippen LogP contribution is 2.58. The minimum atomic E-state index is 0.166. The number of pyridine rings is 1. The molecule has 1 saturated heterocycles. The first-order valence-corrected chi connectivity index (χ1v) is 9.75. The Balaban J connectivity index is 1.42. The largest absolute Gasteiger partial charge is 0.438 e. The SMILES string of the molecule is Cc1cccc(C)c1Oc1ncccc1CNC(=O)[C@H]1CC12CCNCC2. The molecule has 1 aliphatic carbocycles. The highest BCUT2D eigenvalue weighted by atomic mass is 16.5. The van der Waals surface area contributed by atoms with Crippen molar-refractivity contribution in [1.82, 2.24) is 15.6 Å². The Labute approximate surface area is 160 Å². The van der Waals surface area contributed by atoms with Gasteiger partial charge in [0, 0.05) is 24.2 Å². The van der Waals surface area contributed by atoms with Gasteiger partial charge < -0.3 is 15.4 Å². The number of nitrogens with one attached hydrogen (secondary N) is 2. The molecule has 1 spiro atoms. The van der Waals surface area contributed by atoms with Crippen LogP contribution in [-0.2, 0) is 11.3 Å². The van der Waals surface area contributed by atoms with Crippen molar-refractivity contribution in [3.05, 3.63) is 53.2 Å². The lowest BCUT2D eigenvalue weighted by molar-refractivity contribution is -0.123. The summed E-state index contributed by atoms with van der Waals surface area (Å²) in [6.45, 7) is 6.55. The van der Waals surface area contributed by atoms with Gasteiger partial charge in [-0.15, -0.1) is 0 Å². The van der Waals surface area contributed by atoms with Gasteiger partial charge in [-0.25, -0.2) is 4.98 Å². The Hall–Kier alpha value is -2.40. The van der Waals surface area contributed by atoms with Gasteiger partial charge in [0.15, 0.2) is 0 Å². The summed E-state index contributed by atoms with van der Waals surface area (Å²) in [6.07, 6.45) is 4.97. The first-order valence-electron chi connectivity index (χ1n) is 9.75. The number of hydrogen-bond donors (Lipinski definition) is 2. The van der Waals surface area contributed by atoms with E-state index in [1.807, 2.05) is 44.2 Å². The van der Waals surface area contributed by atoms with Gasteiger partial charge in [0.1, 0.15) is 5.75 Å². The quantitative estimate of drug-likeness (QED) is 0.851. The zero-order chi connectivity index (χ0) is 18.9. The van der Waals surface area contributed by atoms with Crippen LogP contribution < -0.4 is 15.4 Å². The lowest BCUT2D eigenvalue weighted by Crippen LogP contribution is -2.33. The third-order valence-corrected chi connectivity index (χ3v) is 6.02. The molecule has 1 saturated carbocycles. The normalized spacial score (nSPS) is 20.3. The van der Waals surface area contributed by atoms with Gasteiger partial charge in [-0.3, -0.25) is 4.79 Å². The van der Waals surface area contributed by atoms with Gasteiger partial charge in [-0.2, -0.15) is 0 Å². The van der Waals surface area contributed by atoms with Crippen molar-refractivity contribution in [2.45, 2.75) is 39.7 Å². The molecule has 2 aliphatic rings. The standard InChI is InChI=1S/C22H27N3O2/c1-15-5-3-6-16(2)19(15)27-21-17(7-4-10-24-21)14-25-20(26)18-13-22(18)8-11-23-12-9-22/h3-7,10,18,23H,8-9,11-14H2,1-2H3,(H,25,26)/t18-/m1/s1. The summed E-state index contributed by atoms with van der Waals surface area (Å²) in [5.41, 5.74) is 3.29. The van der Waals surface area contributed by atoms with Crippen LogP contribution in [0.3, 0.4) is 0 Å². The van der Waals surface area contributed by atoms with Crippen LogP contribution in [0.2, 0.25) is 0 Å². The van der Waals surface area contributed by atoms with Crippen molar-refractivity contribution in [2.75, 3.05) is 13.1 Å². The number of aryl methyl sites for hydroxylation is 2. The number of carbonyl (C=O) groups is 1. The fourth-order valence-electron chi connectivity index (χ4n) is 4.21. The Morgan fingerprint density at radius 1 is 1.22 bits per heavy atom. The molecule has 27 heavy (non-hydrogen) atoms. The van der Waals surface area contributed by atoms with Crippen molar-refractivity contribution < 1.29 is 9.53 Å². The van der Waals surface area contributed by atoms with Gasteiger partial charge in [0.25, 0.3) is 0 Å².